The van der Waals surface area contributed by atoms with Crippen molar-refractivity contribution in [3.05, 3.63) is 64.6 Å². The monoisotopic (exact) mass is 372 g/mol. The third kappa shape index (κ3) is 3.23. The number of hydrogen-bond donors (Lipinski definition) is 1. The van der Waals surface area contributed by atoms with Gasteiger partial charge in [0.1, 0.15) is 0 Å². The first-order valence-electron chi connectivity index (χ1n) is 10.2. The maximum atomic E-state index is 9.31. The van der Waals surface area contributed by atoms with Gasteiger partial charge < -0.3 is 9.67 Å². The highest BCUT2D eigenvalue weighted by atomic mass is 16.3. The van der Waals surface area contributed by atoms with E-state index in [0.29, 0.717) is 5.41 Å². The fourth-order valence-electron chi connectivity index (χ4n) is 4.61. The van der Waals surface area contributed by atoms with Gasteiger partial charge in [-0.15, -0.1) is 0 Å². The molecule has 3 aromatic rings. The number of benzene rings is 2. The Kier molecular flexibility index (Phi) is 4.77. The van der Waals surface area contributed by atoms with Gasteiger partial charge in [-0.3, -0.25) is 0 Å². The Morgan fingerprint density at radius 3 is 2.79 bits per heavy atom. The molecular formula is C25H28N2O. The topological polar surface area (TPSA) is 29.5 Å². The highest BCUT2D eigenvalue weighted by Gasteiger charge is 2.27. The van der Waals surface area contributed by atoms with Gasteiger partial charge >= 0.3 is 0 Å². The van der Waals surface area contributed by atoms with Crippen LogP contribution in [0.15, 0.2) is 36.5 Å². The molecule has 0 unspecified atom stereocenters. The lowest BCUT2D eigenvalue weighted by molar-refractivity contribution is 0.280. The zero-order valence-corrected chi connectivity index (χ0v) is 17.0. The molecule has 3 nitrogen and oxygen atoms in total. The summed E-state index contributed by atoms with van der Waals surface area (Å²) in [4.78, 5) is 3.73. The predicted molar refractivity (Wildman–Crippen MR) is 116 cm³/mol. The minimum Gasteiger partial charge on any atom is -0.396 e. The van der Waals surface area contributed by atoms with Crippen LogP contribution >= 0.6 is 0 Å². The molecule has 3 heteroatoms. The van der Waals surface area contributed by atoms with Crippen molar-refractivity contribution in [2.45, 2.75) is 53.0 Å². The normalized spacial score (nSPS) is 15.4. The van der Waals surface area contributed by atoms with Gasteiger partial charge in [0.15, 0.2) is 5.69 Å². The number of aliphatic hydroxyl groups is 1. The molecule has 0 amide bonds. The largest absolute Gasteiger partial charge is 0.396 e. The molecule has 0 saturated heterocycles. The molecule has 1 aromatic heterocycles. The number of hydrogen-bond acceptors (Lipinski definition) is 1. The molecule has 28 heavy (non-hydrogen) atoms. The summed E-state index contributed by atoms with van der Waals surface area (Å²) in [6.07, 6.45) is 6.37. The Balaban J connectivity index is 1.93. The third-order valence-electron chi connectivity index (χ3n) is 6.16. The van der Waals surface area contributed by atoms with E-state index >= 15 is 0 Å². The van der Waals surface area contributed by atoms with Crippen molar-refractivity contribution in [2.75, 3.05) is 6.61 Å². The maximum Gasteiger partial charge on any atom is 0.190 e. The van der Waals surface area contributed by atoms with Crippen LogP contribution in [0.25, 0.3) is 26.9 Å². The van der Waals surface area contributed by atoms with Gasteiger partial charge in [0.2, 0.25) is 0 Å². The summed E-state index contributed by atoms with van der Waals surface area (Å²) in [5, 5.41) is 10.5. The maximum absolute atomic E-state index is 9.31. The molecule has 1 N–H and O–H groups in total. The van der Waals surface area contributed by atoms with Crippen molar-refractivity contribution in [1.29, 1.82) is 0 Å². The van der Waals surface area contributed by atoms with Crippen molar-refractivity contribution in [3.8, 4) is 11.1 Å². The van der Waals surface area contributed by atoms with Crippen molar-refractivity contribution in [3.63, 3.8) is 0 Å². The van der Waals surface area contributed by atoms with Crippen LogP contribution < -0.4 is 0 Å². The summed E-state index contributed by atoms with van der Waals surface area (Å²) >= 11 is 0. The third-order valence-corrected chi connectivity index (χ3v) is 6.16. The van der Waals surface area contributed by atoms with Crippen LogP contribution in [0.1, 0.15) is 43.4 Å². The second-order valence-electron chi connectivity index (χ2n) is 8.87. The lowest BCUT2D eigenvalue weighted by Crippen LogP contribution is -2.22. The zero-order valence-electron chi connectivity index (χ0n) is 17.0. The molecule has 1 aliphatic carbocycles. The van der Waals surface area contributed by atoms with E-state index in [2.05, 4.69) is 59.8 Å². The van der Waals surface area contributed by atoms with Gasteiger partial charge in [-0.25, -0.2) is 4.85 Å². The van der Waals surface area contributed by atoms with Crippen LogP contribution in [-0.4, -0.2) is 16.3 Å². The summed E-state index contributed by atoms with van der Waals surface area (Å²) in [6, 6.07) is 10.9. The molecule has 0 atom stereocenters. The summed E-state index contributed by atoms with van der Waals surface area (Å²) in [7, 11) is 0. The van der Waals surface area contributed by atoms with Gasteiger partial charge in [-0.1, -0.05) is 32.0 Å². The quantitative estimate of drug-likeness (QED) is 0.554. The van der Waals surface area contributed by atoms with Crippen molar-refractivity contribution in [2.24, 2.45) is 5.41 Å². The lowest BCUT2D eigenvalue weighted by atomic mass is 9.73. The smallest absolute Gasteiger partial charge is 0.190 e. The summed E-state index contributed by atoms with van der Waals surface area (Å²) in [5.41, 5.74) is 8.69. The van der Waals surface area contributed by atoms with Gasteiger partial charge in [-0.05, 0) is 77.8 Å². The van der Waals surface area contributed by atoms with E-state index in [1.807, 2.05) is 6.92 Å². The predicted octanol–water partition coefficient (Wildman–Crippen LogP) is 6.06. The molecule has 0 spiro atoms. The van der Waals surface area contributed by atoms with E-state index in [1.54, 1.807) is 0 Å². The molecule has 0 fully saturated rings. The molecule has 144 valence electrons. The van der Waals surface area contributed by atoms with Crippen molar-refractivity contribution < 1.29 is 5.11 Å². The summed E-state index contributed by atoms with van der Waals surface area (Å²) < 4.78 is 2.24. The fourth-order valence-corrected chi connectivity index (χ4v) is 4.61. The zero-order chi connectivity index (χ0) is 19.9. The standard InChI is InChI=1S/C25H28N2O/c1-17-13-24-21(14-23(17)26-4)22(16-27(24)11-6-12-28)20-8-5-7-18-15-25(2,3)10-9-19(18)20/h5,7-8,13-14,16,28H,6,9-12,15H2,1-3H3. The molecule has 2 aromatic carbocycles. The Bertz CT molecular complexity index is 1080. The molecule has 0 radical (unpaired) electrons. The number of aromatic nitrogens is 1. The minimum atomic E-state index is 0.184. The number of rotatable bonds is 4. The van der Waals surface area contributed by atoms with Crippen molar-refractivity contribution in [1.82, 2.24) is 4.57 Å². The molecular weight excluding hydrogens is 344 g/mol. The van der Waals surface area contributed by atoms with E-state index in [9.17, 15) is 5.11 Å². The SMILES string of the molecule is [C-]#[N+]c1cc2c(-c3cccc4c3CCC(C)(C)C4)cn(CCCO)c2cc1C. The molecule has 1 heterocycles. The second kappa shape index (κ2) is 7.11. The van der Waals surface area contributed by atoms with Crippen LogP contribution in [0.2, 0.25) is 0 Å². The van der Waals surface area contributed by atoms with E-state index in [-0.39, 0.29) is 6.61 Å². The number of nitrogens with zero attached hydrogens (tertiary/aromatic N) is 2. The number of fused-ring (bicyclic) bond motifs is 2. The first-order valence-corrected chi connectivity index (χ1v) is 10.2. The molecule has 4 rings (SSSR count). The van der Waals surface area contributed by atoms with E-state index < -0.39 is 0 Å². The van der Waals surface area contributed by atoms with E-state index in [0.717, 1.165) is 48.0 Å². The number of aryl methyl sites for hydroxylation is 2. The van der Waals surface area contributed by atoms with Gasteiger partial charge in [-0.2, -0.15) is 0 Å². The average Bonchev–Trinajstić information content (AvgIpc) is 3.01. The Morgan fingerprint density at radius 2 is 2.04 bits per heavy atom. The Labute approximate surface area is 167 Å². The average molecular weight is 373 g/mol. The number of aliphatic hydroxyl groups excluding tert-OH is 1. The van der Waals surface area contributed by atoms with Crippen LogP contribution in [0.5, 0.6) is 0 Å². The first kappa shape index (κ1) is 18.8. The molecule has 0 saturated carbocycles. The molecule has 0 aliphatic heterocycles. The fraction of sp³-hybridized carbons (Fsp3) is 0.400. The highest BCUT2D eigenvalue weighted by Crippen LogP contribution is 2.42. The summed E-state index contributed by atoms with van der Waals surface area (Å²) in [6.45, 7) is 15.2. The van der Waals surface area contributed by atoms with Crippen LogP contribution in [0.4, 0.5) is 5.69 Å². The van der Waals surface area contributed by atoms with Gasteiger partial charge in [0, 0.05) is 30.4 Å². The summed E-state index contributed by atoms with van der Waals surface area (Å²) in [5.74, 6) is 0. The van der Waals surface area contributed by atoms with Gasteiger partial charge in [0.25, 0.3) is 0 Å². The van der Waals surface area contributed by atoms with Crippen LogP contribution in [-0.2, 0) is 19.4 Å². The minimum absolute atomic E-state index is 0.184. The molecule has 0 bridgehead atoms. The van der Waals surface area contributed by atoms with E-state index in [4.69, 9.17) is 6.57 Å². The van der Waals surface area contributed by atoms with Crippen LogP contribution in [0, 0.1) is 18.9 Å². The van der Waals surface area contributed by atoms with E-state index in [1.165, 1.54) is 28.7 Å². The Hall–Kier alpha value is -2.57. The van der Waals surface area contributed by atoms with Crippen LogP contribution in [0.3, 0.4) is 0 Å². The highest BCUT2D eigenvalue weighted by molar-refractivity contribution is 5.99. The van der Waals surface area contributed by atoms with Crippen molar-refractivity contribution >= 4 is 16.6 Å². The molecule has 1 aliphatic rings. The lowest BCUT2D eigenvalue weighted by Gasteiger charge is -2.32. The Morgan fingerprint density at radius 1 is 1.21 bits per heavy atom. The van der Waals surface area contributed by atoms with Gasteiger partial charge in [0.05, 0.1) is 6.57 Å². The first-order chi connectivity index (χ1) is 13.4. The second-order valence-corrected chi connectivity index (χ2v) is 8.87.